The maximum Gasteiger partial charge on any atom is 0.192 e. The molecule has 0 fully saturated rings. The van der Waals surface area contributed by atoms with Crippen LogP contribution in [0.3, 0.4) is 0 Å². The summed E-state index contributed by atoms with van der Waals surface area (Å²) in [6, 6.07) is 23.1. The molecule has 5 heteroatoms. The molecular weight excluding hydrogens is 477 g/mol. The summed E-state index contributed by atoms with van der Waals surface area (Å²) in [5, 5.41) is 0.888. The van der Waals surface area contributed by atoms with Crippen molar-refractivity contribution in [2.45, 2.75) is 32.6 Å². The second-order valence-corrected chi connectivity index (χ2v) is 11.0. The zero-order chi connectivity index (χ0) is 24.5. The summed E-state index contributed by atoms with van der Waals surface area (Å²) in [6.45, 7) is 4.24. The molecule has 0 saturated heterocycles. The van der Waals surface area contributed by atoms with Crippen molar-refractivity contribution in [2.75, 3.05) is 4.90 Å². The molecule has 35 heavy (non-hydrogen) atoms. The van der Waals surface area contributed by atoms with Crippen molar-refractivity contribution in [3.05, 3.63) is 116 Å². The number of hydrogen-bond acceptors (Lipinski definition) is 3. The van der Waals surface area contributed by atoms with Crippen LogP contribution >= 0.6 is 23.2 Å². The molecule has 0 aromatic heterocycles. The Labute approximate surface area is 214 Å². The number of allylic oxidation sites excluding steroid dienone is 3. The molecule has 3 aromatic carbocycles. The smallest absolute Gasteiger partial charge is 0.192 e. The quantitative estimate of drug-likeness (QED) is 0.360. The maximum atomic E-state index is 14.0. The largest absolute Gasteiger partial charge is 0.313 e. The average molecular weight is 500 g/mol. The number of ketones is 2. The van der Waals surface area contributed by atoms with E-state index >= 15 is 0 Å². The topological polar surface area (TPSA) is 37.4 Å². The summed E-state index contributed by atoms with van der Waals surface area (Å²) < 4.78 is 0. The van der Waals surface area contributed by atoms with Crippen LogP contribution < -0.4 is 4.90 Å². The Hall–Kier alpha value is -3.14. The van der Waals surface area contributed by atoms with Crippen molar-refractivity contribution in [3.63, 3.8) is 0 Å². The second-order valence-electron chi connectivity index (χ2n) is 10.2. The summed E-state index contributed by atoms with van der Waals surface area (Å²) in [5.41, 5.74) is 6.19. The van der Waals surface area contributed by atoms with Crippen molar-refractivity contribution >= 4 is 46.2 Å². The summed E-state index contributed by atoms with van der Waals surface area (Å²) >= 11 is 12.7. The van der Waals surface area contributed by atoms with Crippen molar-refractivity contribution in [1.82, 2.24) is 0 Å². The van der Waals surface area contributed by atoms with Gasteiger partial charge in [0.15, 0.2) is 11.6 Å². The lowest BCUT2D eigenvalue weighted by molar-refractivity contribution is -0.118. The molecule has 1 atom stereocenters. The first kappa shape index (κ1) is 22.3. The van der Waals surface area contributed by atoms with E-state index in [1.807, 2.05) is 66.7 Å². The minimum Gasteiger partial charge on any atom is -0.313 e. The number of halogens is 2. The minimum absolute atomic E-state index is 0.0290. The molecule has 3 aromatic rings. The lowest BCUT2D eigenvalue weighted by atomic mass is 9.68. The van der Waals surface area contributed by atoms with E-state index in [2.05, 4.69) is 18.7 Å². The molecular formula is C30H23Cl2NO2. The fraction of sp³-hybridized carbons (Fsp3) is 0.200. The van der Waals surface area contributed by atoms with Gasteiger partial charge in [0.2, 0.25) is 0 Å². The first-order valence-corrected chi connectivity index (χ1v) is 12.5. The molecule has 0 radical (unpaired) electrons. The zero-order valence-corrected chi connectivity index (χ0v) is 21.0. The highest BCUT2D eigenvalue weighted by Crippen LogP contribution is 2.56. The van der Waals surface area contributed by atoms with E-state index in [4.69, 9.17) is 23.2 Å². The SMILES string of the molecule is CC1(C)CC(=O)C2=C(C1)N(c1ccc(Cl)c(Cl)c1)C1=C(C(=O)c3ccccc31)[C@H]2c1ccccc1. The van der Waals surface area contributed by atoms with Crippen LogP contribution in [0.4, 0.5) is 5.69 Å². The monoisotopic (exact) mass is 499 g/mol. The van der Waals surface area contributed by atoms with E-state index in [-0.39, 0.29) is 17.0 Å². The molecule has 0 saturated carbocycles. The molecule has 2 aliphatic carbocycles. The predicted octanol–water partition coefficient (Wildman–Crippen LogP) is 7.85. The normalized spacial score (nSPS) is 20.7. The Balaban J connectivity index is 1.71. The van der Waals surface area contributed by atoms with Gasteiger partial charge in [-0.05, 0) is 35.6 Å². The van der Waals surface area contributed by atoms with Crippen LogP contribution in [0.1, 0.15) is 54.1 Å². The van der Waals surface area contributed by atoms with E-state index in [9.17, 15) is 9.59 Å². The van der Waals surface area contributed by atoms with Gasteiger partial charge < -0.3 is 4.90 Å². The third kappa shape index (κ3) is 3.41. The Morgan fingerprint density at radius 2 is 1.49 bits per heavy atom. The van der Waals surface area contributed by atoms with Gasteiger partial charge in [-0.25, -0.2) is 0 Å². The van der Waals surface area contributed by atoms with Crippen molar-refractivity contribution in [3.8, 4) is 0 Å². The van der Waals surface area contributed by atoms with Gasteiger partial charge >= 0.3 is 0 Å². The molecule has 3 aliphatic rings. The number of carbonyl (C=O) groups is 2. The van der Waals surface area contributed by atoms with Gasteiger partial charge in [-0.2, -0.15) is 0 Å². The molecule has 0 N–H and O–H groups in total. The zero-order valence-electron chi connectivity index (χ0n) is 19.4. The van der Waals surface area contributed by atoms with Gasteiger partial charge in [-0.15, -0.1) is 0 Å². The van der Waals surface area contributed by atoms with Crippen LogP contribution in [-0.2, 0) is 4.79 Å². The first-order chi connectivity index (χ1) is 16.8. The van der Waals surface area contributed by atoms with Crippen molar-refractivity contribution in [2.24, 2.45) is 5.41 Å². The van der Waals surface area contributed by atoms with Crippen LogP contribution in [0, 0.1) is 5.41 Å². The number of carbonyl (C=O) groups excluding carboxylic acids is 2. The number of anilines is 1. The average Bonchev–Trinajstić information content (AvgIpc) is 3.12. The minimum atomic E-state index is -0.413. The Morgan fingerprint density at radius 3 is 2.20 bits per heavy atom. The third-order valence-corrected chi connectivity index (χ3v) is 7.93. The number of nitrogens with zero attached hydrogens (tertiary/aromatic N) is 1. The number of benzene rings is 3. The number of rotatable bonds is 2. The second kappa shape index (κ2) is 7.94. The molecule has 6 rings (SSSR count). The van der Waals surface area contributed by atoms with Gasteiger partial charge in [0.25, 0.3) is 0 Å². The van der Waals surface area contributed by atoms with Gasteiger partial charge in [-0.1, -0.05) is 91.6 Å². The van der Waals surface area contributed by atoms with Gasteiger partial charge in [0.05, 0.1) is 15.7 Å². The Bertz CT molecular complexity index is 1480. The Kier molecular flexibility index (Phi) is 5.07. The lowest BCUT2D eigenvalue weighted by Gasteiger charge is -2.44. The van der Waals surface area contributed by atoms with Gasteiger partial charge in [-0.3, -0.25) is 9.59 Å². The van der Waals surface area contributed by atoms with Crippen LogP contribution in [0.5, 0.6) is 0 Å². The van der Waals surface area contributed by atoms with Gasteiger partial charge in [0.1, 0.15) is 0 Å². The highest BCUT2D eigenvalue weighted by Gasteiger charge is 2.49. The third-order valence-electron chi connectivity index (χ3n) is 7.19. The molecule has 0 spiro atoms. The van der Waals surface area contributed by atoms with E-state index in [1.54, 1.807) is 6.07 Å². The van der Waals surface area contributed by atoms with E-state index < -0.39 is 5.92 Å². The van der Waals surface area contributed by atoms with Crippen LogP contribution in [0.2, 0.25) is 10.0 Å². The van der Waals surface area contributed by atoms with Crippen LogP contribution in [0.15, 0.2) is 89.6 Å². The van der Waals surface area contributed by atoms with E-state index in [1.165, 1.54) is 0 Å². The highest BCUT2D eigenvalue weighted by atomic mass is 35.5. The predicted molar refractivity (Wildman–Crippen MR) is 141 cm³/mol. The molecule has 1 aliphatic heterocycles. The van der Waals surface area contributed by atoms with Crippen molar-refractivity contribution < 1.29 is 9.59 Å². The number of hydrogen-bond donors (Lipinski definition) is 0. The van der Waals surface area contributed by atoms with E-state index in [0.717, 1.165) is 28.2 Å². The fourth-order valence-corrected chi connectivity index (χ4v) is 6.08. The fourth-order valence-electron chi connectivity index (χ4n) is 5.79. The number of fused-ring (bicyclic) bond motifs is 2. The summed E-state index contributed by atoms with van der Waals surface area (Å²) in [6.07, 6.45) is 1.14. The van der Waals surface area contributed by atoms with E-state index in [0.29, 0.717) is 39.6 Å². The van der Waals surface area contributed by atoms with Crippen LogP contribution in [0.25, 0.3) is 5.70 Å². The summed E-state index contributed by atoms with van der Waals surface area (Å²) in [5.74, 6) is -0.354. The number of Topliss-reactive ketones (excluding diaryl/α,β-unsaturated/α-hetero) is 2. The molecule has 3 nitrogen and oxygen atoms in total. The first-order valence-electron chi connectivity index (χ1n) is 11.7. The molecule has 174 valence electrons. The molecule has 0 unspecified atom stereocenters. The Morgan fingerprint density at radius 1 is 0.800 bits per heavy atom. The molecule has 1 heterocycles. The summed E-state index contributed by atoms with van der Waals surface area (Å²) in [7, 11) is 0. The highest BCUT2D eigenvalue weighted by molar-refractivity contribution is 6.42. The molecule has 0 bridgehead atoms. The maximum absolute atomic E-state index is 14.0. The van der Waals surface area contributed by atoms with Crippen LogP contribution in [-0.4, -0.2) is 11.6 Å². The van der Waals surface area contributed by atoms with Crippen molar-refractivity contribution in [1.29, 1.82) is 0 Å². The lowest BCUT2D eigenvalue weighted by Crippen LogP contribution is -2.39. The van der Waals surface area contributed by atoms with Gasteiger partial charge in [0, 0.05) is 46.0 Å². The standard InChI is InChI=1S/C30H23Cl2NO2/c1-30(2)15-23-26(24(34)16-30)25(17-8-4-3-5-9-17)27-28(19-10-6-7-11-20(19)29(27)35)33(23)18-12-13-21(31)22(32)14-18/h3-14,25H,15-16H2,1-2H3/t25-/m0/s1. The molecule has 0 amide bonds. The summed E-state index contributed by atoms with van der Waals surface area (Å²) in [4.78, 5) is 29.9.